The van der Waals surface area contributed by atoms with E-state index in [1.165, 1.54) is 12.4 Å². The molecular formula is C18H21FN4O2. The molecular weight excluding hydrogens is 323 g/mol. The van der Waals surface area contributed by atoms with Crippen LogP contribution in [0.4, 0.5) is 15.9 Å². The van der Waals surface area contributed by atoms with Crippen molar-refractivity contribution in [3.05, 3.63) is 42.0 Å². The Morgan fingerprint density at radius 1 is 1.20 bits per heavy atom. The summed E-state index contributed by atoms with van der Waals surface area (Å²) in [5.74, 6) is 0.765. The molecule has 2 aliphatic heterocycles. The number of aromatic nitrogens is 2. The zero-order valence-corrected chi connectivity index (χ0v) is 14.0. The zero-order valence-electron chi connectivity index (χ0n) is 14.0. The van der Waals surface area contributed by atoms with Crippen molar-refractivity contribution >= 4 is 11.5 Å². The van der Waals surface area contributed by atoms with Crippen LogP contribution in [-0.4, -0.2) is 41.4 Å². The van der Waals surface area contributed by atoms with Gasteiger partial charge in [-0.2, -0.15) is 0 Å². The molecule has 2 fully saturated rings. The average molecular weight is 344 g/mol. The molecule has 0 aliphatic carbocycles. The summed E-state index contributed by atoms with van der Waals surface area (Å²) in [7, 11) is 0. The lowest BCUT2D eigenvalue weighted by Crippen LogP contribution is -2.56. The monoisotopic (exact) mass is 344 g/mol. The van der Waals surface area contributed by atoms with Gasteiger partial charge >= 0.3 is 0 Å². The predicted molar refractivity (Wildman–Crippen MR) is 91.6 cm³/mol. The Kier molecular flexibility index (Phi) is 4.50. The molecule has 1 aromatic carbocycles. The third kappa shape index (κ3) is 3.57. The summed E-state index contributed by atoms with van der Waals surface area (Å²) in [5, 5.41) is 6.56. The van der Waals surface area contributed by atoms with Gasteiger partial charge in [-0.05, 0) is 19.1 Å². The van der Waals surface area contributed by atoms with Gasteiger partial charge in [0.05, 0.1) is 24.5 Å². The fourth-order valence-corrected chi connectivity index (χ4v) is 3.41. The van der Waals surface area contributed by atoms with Crippen LogP contribution >= 0.6 is 0 Å². The van der Waals surface area contributed by atoms with Crippen LogP contribution in [0.3, 0.4) is 0 Å². The van der Waals surface area contributed by atoms with Crippen molar-refractivity contribution in [3.63, 3.8) is 0 Å². The van der Waals surface area contributed by atoms with Crippen LogP contribution in [0.1, 0.15) is 18.4 Å². The summed E-state index contributed by atoms with van der Waals surface area (Å²) in [4.78, 5) is 8.50. The van der Waals surface area contributed by atoms with Crippen LogP contribution in [0, 0.1) is 12.7 Å². The Bertz CT molecular complexity index is 746. The Hall–Kier alpha value is -2.25. The number of nitrogens with one attached hydrogen (secondary N) is 2. The molecule has 0 amide bonds. The number of para-hydroxylation sites is 1. The maximum Gasteiger partial charge on any atom is 0.221 e. The van der Waals surface area contributed by atoms with E-state index in [2.05, 4.69) is 20.6 Å². The summed E-state index contributed by atoms with van der Waals surface area (Å²) in [6, 6.07) is 7.16. The smallest absolute Gasteiger partial charge is 0.221 e. The summed E-state index contributed by atoms with van der Waals surface area (Å²) >= 11 is 0. The molecule has 0 spiro atoms. The first-order valence-electron chi connectivity index (χ1n) is 8.52. The van der Waals surface area contributed by atoms with Gasteiger partial charge in [-0.15, -0.1) is 0 Å². The molecule has 3 heterocycles. The summed E-state index contributed by atoms with van der Waals surface area (Å²) in [6.07, 6.45) is 3.30. The number of benzene rings is 1. The van der Waals surface area contributed by atoms with Gasteiger partial charge in [0.15, 0.2) is 0 Å². The highest BCUT2D eigenvalue weighted by molar-refractivity contribution is 5.61. The number of piperidine rings is 1. The molecule has 1 aromatic heterocycles. The molecule has 7 heteroatoms. The molecule has 2 bridgehead atoms. The molecule has 0 saturated carbocycles. The second-order valence-corrected chi connectivity index (χ2v) is 6.57. The minimum absolute atomic E-state index is 0.0926. The van der Waals surface area contributed by atoms with E-state index < -0.39 is 0 Å². The van der Waals surface area contributed by atoms with Crippen molar-refractivity contribution in [2.45, 2.75) is 38.0 Å². The minimum Gasteiger partial charge on any atom is -0.474 e. The summed E-state index contributed by atoms with van der Waals surface area (Å²) in [6.45, 7) is 3.32. The van der Waals surface area contributed by atoms with Crippen LogP contribution in [0.15, 0.2) is 30.6 Å². The highest BCUT2D eigenvalue weighted by atomic mass is 19.1. The largest absolute Gasteiger partial charge is 0.474 e. The molecule has 132 valence electrons. The molecule has 0 radical (unpaired) electrons. The lowest BCUT2D eigenvalue weighted by atomic mass is 9.95. The molecule has 2 atom stereocenters. The van der Waals surface area contributed by atoms with Crippen molar-refractivity contribution in [2.75, 3.05) is 18.5 Å². The van der Waals surface area contributed by atoms with E-state index in [9.17, 15) is 4.39 Å². The maximum atomic E-state index is 13.9. The first-order chi connectivity index (χ1) is 12.2. The fourth-order valence-electron chi connectivity index (χ4n) is 3.41. The number of hydrogen-bond donors (Lipinski definition) is 2. The Balaban J connectivity index is 1.50. The Morgan fingerprint density at radius 2 is 1.96 bits per heavy atom. The molecule has 2 unspecified atom stereocenters. The van der Waals surface area contributed by atoms with Crippen molar-refractivity contribution in [2.24, 2.45) is 0 Å². The quantitative estimate of drug-likeness (QED) is 0.888. The molecule has 2 N–H and O–H groups in total. The first kappa shape index (κ1) is 16.2. The van der Waals surface area contributed by atoms with E-state index in [0.717, 1.165) is 31.6 Å². The first-order valence-corrected chi connectivity index (χ1v) is 8.52. The number of anilines is 2. The van der Waals surface area contributed by atoms with Crippen LogP contribution in [0.2, 0.25) is 0 Å². The molecule has 2 saturated heterocycles. The highest BCUT2D eigenvalue weighted by Gasteiger charge is 2.33. The van der Waals surface area contributed by atoms with Gasteiger partial charge in [-0.1, -0.05) is 12.1 Å². The Morgan fingerprint density at radius 3 is 2.72 bits per heavy atom. The van der Waals surface area contributed by atoms with Gasteiger partial charge in [0.1, 0.15) is 24.1 Å². The van der Waals surface area contributed by atoms with Crippen LogP contribution < -0.4 is 15.4 Å². The molecule has 2 aromatic rings. The molecule has 2 aliphatic rings. The number of hydrogen-bond acceptors (Lipinski definition) is 6. The highest BCUT2D eigenvalue weighted by Crippen LogP contribution is 2.28. The van der Waals surface area contributed by atoms with Crippen molar-refractivity contribution in [1.82, 2.24) is 15.3 Å². The van der Waals surface area contributed by atoms with Gasteiger partial charge in [-0.3, -0.25) is 0 Å². The van der Waals surface area contributed by atoms with Crippen LogP contribution in [0.25, 0.3) is 0 Å². The van der Waals surface area contributed by atoms with Gasteiger partial charge in [-0.25, -0.2) is 14.4 Å². The summed E-state index contributed by atoms with van der Waals surface area (Å²) < 4.78 is 25.6. The van der Waals surface area contributed by atoms with Gasteiger partial charge in [0.2, 0.25) is 5.88 Å². The lowest BCUT2D eigenvalue weighted by molar-refractivity contribution is -0.0134. The number of fused-ring (bicyclic) bond motifs is 2. The molecule has 25 heavy (non-hydrogen) atoms. The van der Waals surface area contributed by atoms with E-state index in [-0.39, 0.29) is 11.9 Å². The van der Waals surface area contributed by atoms with Crippen LogP contribution in [-0.2, 0) is 4.74 Å². The zero-order chi connectivity index (χ0) is 17.2. The fraction of sp³-hybridized carbons (Fsp3) is 0.444. The van der Waals surface area contributed by atoms with Crippen molar-refractivity contribution in [3.8, 4) is 5.88 Å². The van der Waals surface area contributed by atoms with E-state index >= 15 is 0 Å². The van der Waals surface area contributed by atoms with Gasteiger partial charge < -0.3 is 20.1 Å². The SMILES string of the molecule is Cc1c(Nc2ccccc2F)ncnc1OC1CC2COCC(C1)N2. The predicted octanol–water partition coefficient (Wildman–Crippen LogP) is 2.57. The summed E-state index contributed by atoms with van der Waals surface area (Å²) in [5.41, 5.74) is 1.15. The van der Waals surface area contributed by atoms with E-state index in [1.54, 1.807) is 18.2 Å². The number of halogens is 1. The number of nitrogens with zero attached hydrogens (tertiary/aromatic N) is 2. The number of rotatable bonds is 4. The Labute approximate surface area is 145 Å². The molecule has 6 nitrogen and oxygen atoms in total. The number of ether oxygens (including phenoxy) is 2. The normalized spacial score (nSPS) is 25.4. The third-order valence-corrected chi connectivity index (χ3v) is 4.65. The molecule has 4 rings (SSSR count). The van der Waals surface area contributed by atoms with E-state index in [0.29, 0.717) is 29.5 Å². The van der Waals surface area contributed by atoms with Gasteiger partial charge in [0.25, 0.3) is 0 Å². The topological polar surface area (TPSA) is 68.3 Å². The lowest BCUT2D eigenvalue weighted by Gasteiger charge is -2.39. The van der Waals surface area contributed by atoms with Crippen LogP contribution in [0.5, 0.6) is 5.88 Å². The maximum absolute atomic E-state index is 13.9. The van der Waals surface area contributed by atoms with Crippen molar-refractivity contribution < 1.29 is 13.9 Å². The third-order valence-electron chi connectivity index (χ3n) is 4.65. The standard InChI is InChI=1S/C18H21FN4O2/c1-11-17(23-16-5-3-2-4-15(16)19)20-10-21-18(11)25-14-6-12-8-24-9-13(7-14)22-12/h2-5,10,12-14,22H,6-9H2,1H3,(H,20,21,23). The number of morpholine rings is 1. The van der Waals surface area contributed by atoms with Gasteiger partial charge in [0, 0.05) is 24.9 Å². The van der Waals surface area contributed by atoms with E-state index in [4.69, 9.17) is 9.47 Å². The van der Waals surface area contributed by atoms with E-state index in [1.807, 2.05) is 6.92 Å². The minimum atomic E-state index is -0.325. The van der Waals surface area contributed by atoms with Crippen molar-refractivity contribution in [1.29, 1.82) is 0 Å². The second kappa shape index (κ2) is 6.93. The second-order valence-electron chi connectivity index (χ2n) is 6.57. The average Bonchev–Trinajstić information content (AvgIpc) is 2.60.